The van der Waals surface area contributed by atoms with Gasteiger partial charge in [-0.25, -0.2) is 4.39 Å². The average Bonchev–Trinajstić information content (AvgIpc) is 2.15. The summed E-state index contributed by atoms with van der Waals surface area (Å²) in [7, 11) is 0. The second-order valence-corrected chi connectivity index (χ2v) is 3.40. The molecule has 1 rings (SSSR count). The molecule has 72 valence electrons. The van der Waals surface area contributed by atoms with Crippen molar-refractivity contribution in [3.63, 3.8) is 0 Å². The van der Waals surface area contributed by atoms with E-state index in [9.17, 15) is 4.39 Å². The summed E-state index contributed by atoms with van der Waals surface area (Å²) in [6, 6.07) is 8.11. The van der Waals surface area contributed by atoms with Crippen molar-refractivity contribution in [2.24, 2.45) is 0 Å². The molecule has 0 heterocycles. The summed E-state index contributed by atoms with van der Waals surface area (Å²) in [5, 5.41) is 3.01. The molecule has 0 aliphatic carbocycles. The Morgan fingerprint density at radius 2 is 2.15 bits per heavy atom. The molecule has 0 atom stereocenters. The van der Waals surface area contributed by atoms with Crippen LogP contribution in [0.15, 0.2) is 24.3 Å². The molecule has 1 N–H and O–H groups in total. The van der Waals surface area contributed by atoms with Crippen LogP contribution in [-0.4, -0.2) is 13.2 Å². The maximum atomic E-state index is 11.9. The molecule has 0 spiro atoms. The van der Waals surface area contributed by atoms with Gasteiger partial charge in [-0.15, -0.1) is 0 Å². The zero-order valence-electron chi connectivity index (χ0n) is 8.18. The Morgan fingerprint density at radius 3 is 2.77 bits per heavy atom. The predicted molar refractivity (Wildman–Crippen MR) is 55.0 cm³/mol. The van der Waals surface area contributed by atoms with Gasteiger partial charge >= 0.3 is 0 Å². The van der Waals surface area contributed by atoms with Crippen LogP contribution in [-0.2, 0) is 0 Å². The molecule has 1 nitrogen and oxygen atoms in total. The van der Waals surface area contributed by atoms with E-state index in [0.717, 1.165) is 5.69 Å². The van der Waals surface area contributed by atoms with Crippen LogP contribution in [0.2, 0.25) is 0 Å². The molecular weight excluding hydrogens is 165 g/mol. The molecule has 0 saturated carbocycles. The lowest BCUT2D eigenvalue weighted by atomic mass is 10.0. The third-order valence-electron chi connectivity index (χ3n) is 1.98. The molecule has 2 heteroatoms. The molecule has 0 fully saturated rings. The Hall–Kier alpha value is -1.05. The summed E-state index contributed by atoms with van der Waals surface area (Å²) in [5.74, 6) is 0.520. The van der Waals surface area contributed by atoms with Gasteiger partial charge in [-0.05, 0) is 23.6 Å². The first-order valence-corrected chi connectivity index (χ1v) is 4.64. The SMILES string of the molecule is CC(C)c1cccc(NCCF)c1. The van der Waals surface area contributed by atoms with Crippen LogP contribution < -0.4 is 5.32 Å². The fourth-order valence-electron chi connectivity index (χ4n) is 1.20. The van der Waals surface area contributed by atoms with Gasteiger partial charge in [0.25, 0.3) is 0 Å². The molecule has 0 aromatic heterocycles. The van der Waals surface area contributed by atoms with E-state index in [0.29, 0.717) is 12.5 Å². The zero-order chi connectivity index (χ0) is 9.68. The molecule has 0 unspecified atom stereocenters. The van der Waals surface area contributed by atoms with Gasteiger partial charge < -0.3 is 5.32 Å². The lowest BCUT2D eigenvalue weighted by Gasteiger charge is -2.08. The van der Waals surface area contributed by atoms with Gasteiger partial charge in [0, 0.05) is 12.2 Å². The molecule has 1 aromatic carbocycles. The van der Waals surface area contributed by atoms with Crippen molar-refractivity contribution in [1.29, 1.82) is 0 Å². The number of benzene rings is 1. The molecule has 0 bridgehead atoms. The van der Waals surface area contributed by atoms with Gasteiger partial charge in [0.1, 0.15) is 6.67 Å². The molecule has 0 amide bonds. The van der Waals surface area contributed by atoms with Crippen molar-refractivity contribution in [2.45, 2.75) is 19.8 Å². The van der Waals surface area contributed by atoms with E-state index in [2.05, 4.69) is 31.3 Å². The van der Waals surface area contributed by atoms with Crippen LogP contribution in [0.5, 0.6) is 0 Å². The third-order valence-corrected chi connectivity index (χ3v) is 1.98. The van der Waals surface area contributed by atoms with Crippen molar-refractivity contribution < 1.29 is 4.39 Å². The molecule has 0 radical (unpaired) electrons. The number of alkyl halides is 1. The lowest BCUT2D eigenvalue weighted by Crippen LogP contribution is -2.03. The zero-order valence-corrected chi connectivity index (χ0v) is 8.18. The first-order chi connectivity index (χ1) is 6.24. The van der Waals surface area contributed by atoms with Crippen molar-refractivity contribution in [1.82, 2.24) is 0 Å². The number of anilines is 1. The van der Waals surface area contributed by atoms with Crippen molar-refractivity contribution in [3.8, 4) is 0 Å². The quantitative estimate of drug-likeness (QED) is 0.752. The Kier molecular flexibility index (Phi) is 3.74. The highest BCUT2D eigenvalue weighted by Crippen LogP contribution is 2.18. The van der Waals surface area contributed by atoms with E-state index in [1.165, 1.54) is 5.56 Å². The first kappa shape index (κ1) is 10.0. The number of hydrogen-bond donors (Lipinski definition) is 1. The smallest absolute Gasteiger partial charge is 0.107 e. The highest BCUT2D eigenvalue weighted by atomic mass is 19.1. The summed E-state index contributed by atoms with van der Waals surface area (Å²) >= 11 is 0. The monoisotopic (exact) mass is 181 g/mol. The molecule has 0 saturated heterocycles. The van der Waals surface area contributed by atoms with Crippen molar-refractivity contribution in [2.75, 3.05) is 18.5 Å². The van der Waals surface area contributed by atoms with Gasteiger partial charge in [0.05, 0.1) is 0 Å². The van der Waals surface area contributed by atoms with E-state index in [4.69, 9.17) is 0 Å². The summed E-state index contributed by atoms with van der Waals surface area (Å²) in [5.41, 5.74) is 2.28. The minimum Gasteiger partial charge on any atom is -0.382 e. The van der Waals surface area contributed by atoms with Gasteiger partial charge in [-0.2, -0.15) is 0 Å². The van der Waals surface area contributed by atoms with E-state index in [1.807, 2.05) is 12.1 Å². The first-order valence-electron chi connectivity index (χ1n) is 4.64. The molecule has 0 aliphatic rings. The number of hydrogen-bond acceptors (Lipinski definition) is 1. The number of halogens is 1. The normalized spacial score (nSPS) is 10.5. The van der Waals surface area contributed by atoms with Crippen LogP contribution in [0.4, 0.5) is 10.1 Å². The van der Waals surface area contributed by atoms with Gasteiger partial charge in [-0.1, -0.05) is 26.0 Å². The molecule has 0 aliphatic heterocycles. The Bertz CT molecular complexity index is 258. The van der Waals surface area contributed by atoms with Crippen LogP contribution in [0.1, 0.15) is 25.3 Å². The van der Waals surface area contributed by atoms with Crippen LogP contribution in [0.3, 0.4) is 0 Å². The van der Waals surface area contributed by atoms with Crippen LogP contribution >= 0.6 is 0 Å². The second-order valence-electron chi connectivity index (χ2n) is 3.40. The summed E-state index contributed by atoms with van der Waals surface area (Å²) in [6.45, 7) is 4.36. The fraction of sp³-hybridized carbons (Fsp3) is 0.455. The Morgan fingerprint density at radius 1 is 1.38 bits per heavy atom. The highest BCUT2D eigenvalue weighted by Gasteiger charge is 1.99. The summed E-state index contributed by atoms with van der Waals surface area (Å²) in [6.07, 6.45) is 0. The highest BCUT2D eigenvalue weighted by molar-refractivity contribution is 5.46. The van der Waals surface area contributed by atoms with Crippen molar-refractivity contribution in [3.05, 3.63) is 29.8 Å². The largest absolute Gasteiger partial charge is 0.382 e. The Balaban J connectivity index is 2.68. The van der Waals surface area contributed by atoms with E-state index >= 15 is 0 Å². The van der Waals surface area contributed by atoms with E-state index in [1.54, 1.807) is 0 Å². The van der Waals surface area contributed by atoms with Gasteiger partial charge in [-0.3, -0.25) is 0 Å². The topological polar surface area (TPSA) is 12.0 Å². The minimum absolute atomic E-state index is 0.327. The van der Waals surface area contributed by atoms with Crippen LogP contribution in [0.25, 0.3) is 0 Å². The molecular formula is C11H16FN. The van der Waals surface area contributed by atoms with E-state index in [-0.39, 0.29) is 6.67 Å². The van der Waals surface area contributed by atoms with Crippen molar-refractivity contribution >= 4 is 5.69 Å². The van der Waals surface area contributed by atoms with Gasteiger partial charge in [0.15, 0.2) is 0 Å². The Labute approximate surface area is 79.0 Å². The molecule has 1 aromatic rings. The minimum atomic E-state index is -0.327. The van der Waals surface area contributed by atoms with E-state index < -0.39 is 0 Å². The number of rotatable bonds is 4. The van der Waals surface area contributed by atoms with Crippen LogP contribution in [0, 0.1) is 0 Å². The summed E-state index contributed by atoms with van der Waals surface area (Å²) in [4.78, 5) is 0. The number of nitrogens with one attached hydrogen (secondary N) is 1. The molecule has 13 heavy (non-hydrogen) atoms. The summed E-state index contributed by atoms with van der Waals surface area (Å²) < 4.78 is 11.9. The second kappa shape index (κ2) is 4.85. The maximum Gasteiger partial charge on any atom is 0.107 e. The lowest BCUT2D eigenvalue weighted by molar-refractivity contribution is 0.513. The third kappa shape index (κ3) is 3.05. The average molecular weight is 181 g/mol. The standard InChI is InChI=1S/C11H16FN/c1-9(2)10-4-3-5-11(8-10)13-7-6-12/h3-5,8-9,13H,6-7H2,1-2H3. The maximum absolute atomic E-state index is 11.9. The fourth-order valence-corrected chi connectivity index (χ4v) is 1.20. The van der Waals surface area contributed by atoms with Gasteiger partial charge in [0.2, 0.25) is 0 Å². The predicted octanol–water partition coefficient (Wildman–Crippen LogP) is 3.19.